The number of methoxy groups -OCH3 is 3. The normalized spacial score (nSPS) is 14.3. The second kappa shape index (κ2) is 11.4. The fourth-order valence-electron chi connectivity index (χ4n) is 3.25. The summed E-state index contributed by atoms with van der Waals surface area (Å²) in [5, 5.41) is 6.30. The highest BCUT2D eigenvalue weighted by Gasteiger charge is 2.23. The fraction of sp³-hybridized carbons (Fsp3) is 0.600. The molecule has 1 aliphatic heterocycles. The maximum atomic E-state index is 12.5. The lowest BCUT2D eigenvalue weighted by Gasteiger charge is -2.31. The van der Waals surface area contributed by atoms with Gasteiger partial charge in [-0.1, -0.05) is 0 Å². The zero-order valence-corrected chi connectivity index (χ0v) is 17.6. The van der Waals surface area contributed by atoms with Gasteiger partial charge in [-0.3, -0.25) is 4.79 Å². The molecule has 0 bridgehead atoms. The minimum atomic E-state index is -0.247. The van der Waals surface area contributed by atoms with Gasteiger partial charge in [-0.2, -0.15) is 0 Å². The predicted molar refractivity (Wildman–Crippen MR) is 108 cm³/mol. The predicted octanol–water partition coefficient (Wildman–Crippen LogP) is 1.65. The molecule has 9 nitrogen and oxygen atoms in total. The minimum absolute atomic E-state index is 0.219. The van der Waals surface area contributed by atoms with Crippen molar-refractivity contribution >= 4 is 12.0 Å². The molecule has 2 N–H and O–H groups in total. The first-order valence-corrected chi connectivity index (χ1v) is 9.77. The Balaban J connectivity index is 1.77. The average Bonchev–Trinajstić information content (AvgIpc) is 2.75. The third-order valence-corrected chi connectivity index (χ3v) is 4.79. The second-order valence-corrected chi connectivity index (χ2v) is 6.58. The molecule has 1 heterocycles. The highest BCUT2D eigenvalue weighted by atomic mass is 16.6. The van der Waals surface area contributed by atoms with Crippen molar-refractivity contribution in [1.29, 1.82) is 0 Å². The molecule has 1 aromatic carbocycles. The first-order chi connectivity index (χ1) is 14.0. The summed E-state index contributed by atoms with van der Waals surface area (Å²) >= 11 is 0. The monoisotopic (exact) mass is 409 g/mol. The van der Waals surface area contributed by atoms with E-state index in [1.807, 2.05) is 0 Å². The van der Waals surface area contributed by atoms with Crippen molar-refractivity contribution < 1.29 is 28.5 Å². The molecule has 1 aromatic rings. The third-order valence-electron chi connectivity index (χ3n) is 4.79. The van der Waals surface area contributed by atoms with Gasteiger partial charge in [0.05, 0.1) is 27.9 Å². The molecule has 29 heavy (non-hydrogen) atoms. The van der Waals surface area contributed by atoms with Gasteiger partial charge in [0, 0.05) is 37.8 Å². The molecule has 0 atom stereocenters. The van der Waals surface area contributed by atoms with E-state index in [0.717, 1.165) is 12.8 Å². The molecule has 0 radical (unpaired) electrons. The van der Waals surface area contributed by atoms with Crippen LogP contribution in [0.3, 0.4) is 0 Å². The van der Waals surface area contributed by atoms with Crippen LogP contribution in [0, 0.1) is 0 Å². The second-order valence-electron chi connectivity index (χ2n) is 6.58. The van der Waals surface area contributed by atoms with Gasteiger partial charge in [-0.15, -0.1) is 0 Å². The van der Waals surface area contributed by atoms with Crippen molar-refractivity contribution in [3.63, 3.8) is 0 Å². The Morgan fingerprint density at radius 3 is 2.17 bits per heavy atom. The van der Waals surface area contributed by atoms with Crippen LogP contribution in [0.2, 0.25) is 0 Å². The molecule has 162 valence electrons. The van der Waals surface area contributed by atoms with Gasteiger partial charge in [0.1, 0.15) is 0 Å². The number of carbonyl (C=O) groups is 2. The Bertz CT molecular complexity index is 664. The number of benzene rings is 1. The zero-order valence-electron chi connectivity index (χ0n) is 17.6. The largest absolute Gasteiger partial charge is 0.493 e. The van der Waals surface area contributed by atoms with Crippen LogP contribution in [0.25, 0.3) is 0 Å². The van der Waals surface area contributed by atoms with E-state index in [1.54, 1.807) is 24.0 Å². The maximum absolute atomic E-state index is 12.5. The SMILES string of the molecule is CCOC(=O)N1CCC(NCCNC(=O)c2cc(OC)c(OC)c(OC)c2)CC1. The maximum Gasteiger partial charge on any atom is 0.409 e. The lowest BCUT2D eigenvalue weighted by atomic mass is 10.1. The summed E-state index contributed by atoms with van der Waals surface area (Å²) in [5.74, 6) is 1.09. The summed E-state index contributed by atoms with van der Waals surface area (Å²) in [6.07, 6.45) is 1.47. The van der Waals surface area contributed by atoms with Crippen LogP contribution in [0.4, 0.5) is 4.79 Å². The van der Waals surface area contributed by atoms with E-state index in [2.05, 4.69) is 10.6 Å². The third kappa shape index (κ3) is 6.15. The first-order valence-electron chi connectivity index (χ1n) is 9.77. The van der Waals surface area contributed by atoms with Crippen molar-refractivity contribution in [2.24, 2.45) is 0 Å². The van der Waals surface area contributed by atoms with Gasteiger partial charge in [0.25, 0.3) is 5.91 Å². The lowest BCUT2D eigenvalue weighted by Crippen LogP contribution is -2.46. The van der Waals surface area contributed by atoms with Crippen molar-refractivity contribution in [2.45, 2.75) is 25.8 Å². The summed E-state index contributed by atoms with van der Waals surface area (Å²) in [4.78, 5) is 25.9. The Hall–Kier alpha value is -2.68. The van der Waals surface area contributed by atoms with Gasteiger partial charge in [0.2, 0.25) is 5.75 Å². The lowest BCUT2D eigenvalue weighted by molar-refractivity contribution is 0.0930. The van der Waals surface area contributed by atoms with E-state index in [-0.39, 0.29) is 12.0 Å². The van der Waals surface area contributed by atoms with Crippen molar-refractivity contribution in [3.8, 4) is 17.2 Å². The molecule has 0 spiro atoms. The molecular formula is C20H31N3O6. The number of hydrogen-bond donors (Lipinski definition) is 2. The number of nitrogens with one attached hydrogen (secondary N) is 2. The number of carbonyl (C=O) groups excluding carboxylic acids is 2. The topological polar surface area (TPSA) is 98.4 Å². The quantitative estimate of drug-likeness (QED) is 0.599. The van der Waals surface area contributed by atoms with E-state index >= 15 is 0 Å². The molecule has 1 aliphatic rings. The van der Waals surface area contributed by atoms with Crippen LogP contribution in [-0.4, -0.2) is 77.1 Å². The molecule has 2 amide bonds. The standard InChI is InChI=1S/C20H31N3O6/c1-5-29-20(25)23-10-6-15(7-11-23)21-8-9-22-19(24)14-12-16(26-2)18(28-4)17(13-14)27-3/h12-13,15,21H,5-11H2,1-4H3,(H,22,24). The minimum Gasteiger partial charge on any atom is -0.493 e. The molecule has 0 aromatic heterocycles. The van der Waals surface area contributed by atoms with E-state index in [0.29, 0.717) is 61.6 Å². The van der Waals surface area contributed by atoms with Crippen LogP contribution in [0.5, 0.6) is 17.2 Å². The average molecular weight is 409 g/mol. The summed E-state index contributed by atoms with van der Waals surface area (Å²) in [7, 11) is 4.54. The molecule has 1 saturated heterocycles. The van der Waals surface area contributed by atoms with E-state index in [9.17, 15) is 9.59 Å². The van der Waals surface area contributed by atoms with E-state index in [1.165, 1.54) is 21.3 Å². The highest BCUT2D eigenvalue weighted by molar-refractivity contribution is 5.95. The number of hydrogen-bond acceptors (Lipinski definition) is 7. The van der Waals surface area contributed by atoms with Crippen molar-refractivity contribution in [3.05, 3.63) is 17.7 Å². The molecule has 0 saturated carbocycles. The van der Waals surface area contributed by atoms with Crippen LogP contribution >= 0.6 is 0 Å². The van der Waals surface area contributed by atoms with Crippen molar-refractivity contribution in [2.75, 3.05) is 54.1 Å². The number of nitrogens with zero attached hydrogens (tertiary/aromatic N) is 1. The van der Waals surface area contributed by atoms with Gasteiger partial charge >= 0.3 is 6.09 Å². The van der Waals surface area contributed by atoms with Gasteiger partial charge in [-0.05, 0) is 31.9 Å². The Kier molecular flexibility index (Phi) is 8.85. The van der Waals surface area contributed by atoms with Crippen LogP contribution in [0.1, 0.15) is 30.1 Å². The molecule has 0 aliphatic carbocycles. The summed E-state index contributed by atoms with van der Waals surface area (Å²) < 4.78 is 20.9. The van der Waals surface area contributed by atoms with Crippen LogP contribution in [-0.2, 0) is 4.74 Å². The number of piperidine rings is 1. The molecule has 0 unspecified atom stereocenters. The number of ether oxygens (including phenoxy) is 4. The molecule has 9 heteroatoms. The molecular weight excluding hydrogens is 378 g/mol. The smallest absolute Gasteiger partial charge is 0.409 e. The van der Waals surface area contributed by atoms with E-state index < -0.39 is 0 Å². The highest BCUT2D eigenvalue weighted by Crippen LogP contribution is 2.38. The summed E-state index contributed by atoms with van der Waals surface area (Å²) in [6.45, 7) is 4.66. The summed E-state index contributed by atoms with van der Waals surface area (Å²) in [5.41, 5.74) is 0.433. The van der Waals surface area contributed by atoms with Crippen LogP contribution in [0.15, 0.2) is 12.1 Å². The Morgan fingerprint density at radius 2 is 1.66 bits per heavy atom. The van der Waals surface area contributed by atoms with Crippen LogP contribution < -0.4 is 24.8 Å². The number of rotatable bonds is 9. The van der Waals surface area contributed by atoms with Crippen molar-refractivity contribution in [1.82, 2.24) is 15.5 Å². The molecule has 2 rings (SSSR count). The van der Waals surface area contributed by atoms with Gasteiger partial charge in [0.15, 0.2) is 11.5 Å². The molecule has 1 fully saturated rings. The van der Waals surface area contributed by atoms with Gasteiger partial charge in [-0.25, -0.2) is 4.79 Å². The fourth-order valence-corrected chi connectivity index (χ4v) is 3.25. The van der Waals surface area contributed by atoms with Gasteiger partial charge < -0.3 is 34.5 Å². The Labute approximate surface area is 171 Å². The van der Waals surface area contributed by atoms with E-state index in [4.69, 9.17) is 18.9 Å². The Morgan fingerprint density at radius 1 is 1.03 bits per heavy atom. The zero-order chi connectivity index (χ0) is 21.2. The number of likely N-dealkylation sites (tertiary alicyclic amines) is 1. The first kappa shape index (κ1) is 22.6. The number of amides is 2. The summed E-state index contributed by atoms with van der Waals surface area (Å²) in [6, 6.07) is 3.56.